The molecule has 27 heavy (non-hydrogen) atoms. The number of benzene rings is 1. The lowest BCUT2D eigenvalue weighted by molar-refractivity contribution is 0.0779. The fourth-order valence-electron chi connectivity index (χ4n) is 3.36. The molecular formula is C18H22BN3O5. The van der Waals surface area contributed by atoms with Gasteiger partial charge in [0.1, 0.15) is 12.0 Å². The lowest BCUT2D eigenvalue weighted by atomic mass is 9.77. The van der Waals surface area contributed by atoms with Crippen LogP contribution in [0.3, 0.4) is 0 Å². The van der Waals surface area contributed by atoms with E-state index in [-0.39, 0.29) is 23.0 Å². The quantitative estimate of drug-likeness (QED) is 0.536. The van der Waals surface area contributed by atoms with E-state index in [1.165, 1.54) is 24.6 Å². The van der Waals surface area contributed by atoms with Gasteiger partial charge in [0.05, 0.1) is 5.69 Å². The number of amides is 1. The summed E-state index contributed by atoms with van der Waals surface area (Å²) < 4.78 is 5.23. The SMILES string of the molecule is Cc1ocnc1CN(C)C1CCN(C(=O)c2ccc(B(O)O)c(C=O)c2)C1. The van der Waals surface area contributed by atoms with Crippen LogP contribution in [0.1, 0.15) is 38.6 Å². The molecule has 0 radical (unpaired) electrons. The van der Waals surface area contributed by atoms with Gasteiger partial charge in [0.25, 0.3) is 5.91 Å². The highest BCUT2D eigenvalue weighted by Crippen LogP contribution is 2.19. The molecule has 0 spiro atoms. The number of carbonyl (C=O) groups excluding carboxylic acids is 2. The van der Waals surface area contributed by atoms with Gasteiger partial charge in [-0.15, -0.1) is 0 Å². The molecule has 8 nitrogen and oxygen atoms in total. The summed E-state index contributed by atoms with van der Waals surface area (Å²) in [5.41, 5.74) is 1.43. The van der Waals surface area contributed by atoms with Crippen molar-refractivity contribution in [2.45, 2.75) is 25.9 Å². The summed E-state index contributed by atoms with van der Waals surface area (Å²) in [5, 5.41) is 18.6. The topological polar surface area (TPSA) is 107 Å². The molecular weight excluding hydrogens is 349 g/mol. The molecule has 0 aliphatic carbocycles. The first kappa shape index (κ1) is 19.3. The lowest BCUT2D eigenvalue weighted by Gasteiger charge is -2.24. The average Bonchev–Trinajstić information content (AvgIpc) is 3.30. The Bertz CT molecular complexity index is 838. The Kier molecular flexibility index (Phi) is 5.74. The number of nitrogens with zero attached hydrogens (tertiary/aromatic N) is 3. The van der Waals surface area contributed by atoms with Crippen molar-refractivity contribution in [2.24, 2.45) is 0 Å². The Morgan fingerprint density at radius 3 is 2.89 bits per heavy atom. The van der Waals surface area contributed by atoms with E-state index >= 15 is 0 Å². The second-order valence-corrected chi connectivity index (χ2v) is 6.80. The first-order chi connectivity index (χ1) is 12.9. The summed E-state index contributed by atoms with van der Waals surface area (Å²) in [7, 11) is 0.244. The van der Waals surface area contributed by atoms with Gasteiger partial charge in [-0.25, -0.2) is 4.98 Å². The first-order valence-electron chi connectivity index (χ1n) is 8.74. The number of rotatable bonds is 6. The molecule has 1 saturated heterocycles. The zero-order valence-corrected chi connectivity index (χ0v) is 15.3. The van der Waals surface area contributed by atoms with Gasteiger partial charge in [-0.2, -0.15) is 0 Å². The third-order valence-electron chi connectivity index (χ3n) is 5.06. The van der Waals surface area contributed by atoms with Crippen molar-refractivity contribution in [3.05, 3.63) is 47.2 Å². The van der Waals surface area contributed by atoms with Crippen LogP contribution in [0, 0.1) is 6.92 Å². The summed E-state index contributed by atoms with van der Waals surface area (Å²) in [4.78, 5) is 32.1. The predicted molar refractivity (Wildman–Crippen MR) is 98.7 cm³/mol. The molecule has 1 aromatic heterocycles. The summed E-state index contributed by atoms with van der Waals surface area (Å²) in [5.74, 6) is 0.617. The van der Waals surface area contributed by atoms with Crippen molar-refractivity contribution < 1.29 is 24.1 Å². The van der Waals surface area contributed by atoms with Crippen LogP contribution in [0.15, 0.2) is 29.0 Å². The van der Waals surface area contributed by atoms with Gasteiger partial charge in [-0.05, 0) is 38.0 Å². The predicted octanol–water partition coefficient (Wildman–Crippen LogP) is -0.178. The average molecular weight is 371 g/mol. The van der Waals surface area contributed by atoms with Gasteiger partial charge < -0.3 is 19.4 Å². The van der Waals surface area contributed by atoms with Gasteiger partial charge in [0, 0.05) is 36.8 Å². The number of aromatic nitrogens is 1. The maximum absolute atomic E-state index is 12.8. The molecule has 3 rings (SSSR count). The van der Waals surface area contributed by atoms with E-state index in [0.717, 1.165) is 17.9 Å². The molecule has 1 aliphatic rings. The van der Waals surface area contributed by atoms with Crippen LogP contribution in [0.2, 0.25) is 0 Å². The minimum Gasteiger partial charge on any atom is -0.448 e. The van der Waals surface area contributed by atoms with Crippen molar-refractivity contribution in [2.75, 3.05) is 20.1 Å². The third-order valence-corrected chi connectivity index (χ3v) is 5.06. The van der Waals surface area contributed by atoms with Gasteiger partial charge in [-0.1, -0.05) is 6.07 Å². The molecule has 2 heterocycles. The number of oxazole rings is 1. The molecule has 1 aliphatic heterocycles. The van der Waals surface area contributed by atoms with Crippen LogP contribution in [0.4, 0.5) is 0 Å². The van der Waals surface area contributed by atoms with E-state index in [1.54, 1.807) is 4.90 Å². The smallest absolute Gasteiger partial charge is 0.448 e. The van der Waals surface area contributed by atoms with Crippen LogP contribution in [-0.2, 0) is 6.54 Å². The number of carbonyl (C=O) groups is 2. The summed E-state index contributed by atoms with van der Waals surface area (Å²) in [6, 6.07) is 4.52. The van der Waals surface area contributed by atoms with Crippen LogP contribution < -0.4 is 5.46 Å². The minimum atomic E-state index is -1.75. The number of aryl methyl sites for hydroxylation is 1. The van der Waals surface area contributed by atoms with E-state index in [0.29, 0.717) is 31.5 Å². The third kappa shape index (κ3) is 4.10. The molecule has 1 amide bonds. The normalized spacial score (nSPS) is 16.8. The highest BCUT2D eigenvalue weighted by atomic mass is 16.4. The first-order valence-corrected chi connectivity index (χ1v) is 8.74. The Labute approximate surface area is 157 Å². The molecule has 1 atom stereocenters. The summed E-state index contributed by atoms with van der Waals surface area (Å²) in [6.45, 7) is 3.71. The van der Waals surface area contributed by atoms with E-state index in [9.17, 15) is 19.6 Å². The fourth-order valence-corrected chi connectivity index (χ4v) is 3.36. The van der Waals surface area contributed by atoms with Crippen molar-refractivity contribution in [1.82, 2.24) is 14.8 Å². The van der Waals surface area contributed by atoms with E-state index in [1.807, 2.05) is 14.0 Å². The van der Waals surface area contributed by atoms with Gasteiger partial charge >= 0.3 is 7.12 Å². The second kappa shape index (κ2) is 8.04. The van der Waals surface area contributed by atoms with E-state index in [4.69, 9.17) is 4.42 Å². The number of hydrogen-bond acceptors (Lipinski definition) is 7. The zero-order chi connectivity index (χ0) is 19.6. The van der Waals surface area contributed by atoms with Gasteiger partial charge in [0.2, 0.25) is 0 Å². The number of likely N-dealkylation sites (N-methyl/N-ethyl adjacent to an activating group) is 1. The maximum Gasteiger partial charge on any atom is 0.489 e. The zero-order valence-electron chi connectivity index (χ0n) is 15.3. The molecule has 1 fully saturated rings. The second-order valence-electron chi connectivity index (χ2n) is 6.80. The highest BCUT2D eigenvalue weighted by Gasteiger charge is 2.30. The molecule has 2 aromatic rings. The van der Waals surface area contributed by atoms with E-state index < -0.39 is 7.12 Å². The van der Waals surface area contributed by atoms with Crippen molar-refractivity contribution >= 4 is 24.8 Å². The molecule has 1 aromatic carbocycles. The summed E-state index contributed by atoms with van der Waals surface area (Å²) in [6.07, 6.45) is 2.79. The largest absolute Gasteiger partial charge is 0.489 e. The molecule has 142 valence electrons. The summed E-state index contributed by atoms with van der Waals surface area (Å²) >= 11 is 0. The van der Waals surface area contributed by atoms with E-state index in [2.05, 4.69) is 9.88 Å². The lowest BCUT2D eigenvalue weighted by Crippen LogP contribution is -2.37. The fraction of sp³-hybridized carbons (Fsp3) is 0.389. The maximum atomic E-state index is 12.8. The van der Waals surface area contributed by atoms with Gasteiger partial charge in [-0.3, -0.25) is 14.5 Å². The molecule has 1 unspecified atom stereocenters. The van der Waals surface area contributed by atoms with Crippen LogP contribution in [-0.4, -0.2) is 70.3 Å². The molecule has 2 N–H and O–H groups in total. The van der Waals surface area contributed by atoms with Crippen molar-refractivity contribution in [1.29, 1.82) is 0 Å². The highest BCUT2D eigenvalue weighted by molar-refractivity contribution is 6.60. The Morgan fingerprint density at radius 2 is 2.26 bits per heavy atom. The Morgan fingerprint density at radius 1 is 1.48 bits per heavy atom. The Balaban J connectivity index is 1.67. The molecule has 0 bridgehead atoms. The monoisotopic (exact) mass is 371 g/mol. The number of aldehydes is 1. The Hall–Kier alpha value is -2.49. The van der Waals surface area contributed by atoms with Crippen LogP contribution >= 0.6 is 0 Å². The van der Waals surface area contributed by atoms with Gasteiger partial charge in [0.15, 0.2) is 6.39 Å². The molecule has 9 heteroatoms. The standard InChI is InChI=1S/C18H22BN3O5/c1-12-17(20-11-27-12)9-21(2)15-5-6-22(8-15)18(24)13-3-4-16(19(25)26)14(7-13)10-23/h3-4,7,10-11,15,25-26H,5-6,8-9H2,1-2H3. The van der Waals surface area contributed by atoms with Crippen molar-refractivity contribution in [3.63, 3.8) is 0 Å². The van der Waals surface area contributed by atoms with Crippen LogP contribution in [0.5, 0.6) is 0 Å². The van der Waals surface area contributed by atoms with Crippen LogP contribution in [0.25, 0.3) is 0 Å². The minimum absolute atomic E-state index is 0.0866. The number of hydrogen-bond donors (Lipinski definition) is 2. The molecule has 0 saturated carbocycles. The van der Waals surface area contributed by atoms with Crippen molar-refractivity contribution in [3.8, 4) is 0 Å². The number of likely N-dealkylation sites (tertiary alicyclic amines) is 1.